The number of carbonyl (C=O) groups is 3. The third-order valence-electron chi connectivity index (χ3n) is 12.9. The molecule has 5 bridgehead atoms. The Morgan fingerprint density at radius 2 is 1.58 bits per heavy atom. The van der Waals surface area contributed by atoms with Crippen molar-refractivity contribution < 1.29 is 53.8 Å². The number of hydrogen-bond donors (Lipinski definition) is 5. The number of phenolic OH excluding ortho intramolecular Hbond substituents is 3. The Hall–Kier alpha value is -4.79. The number of carbonyl (C=O) groups excluding carboxylic acids is 3. The Bertz CT molecular complexity index is 2050. The predicted octanol–water partition coefficient (Wildman–Crippen LogP) is 6.81. The van der Waals surface area contributed by atoms with Gasteiger partial charge in [0.15, 0.2) is 5.75 Å². The highest BCUT2D eigenvalue weighted by Crippen LogP contribution is 2.57. The molecule has 5 N–H and O–H groups in total. The molecule has 0 radical (unpaired) electrons. The lowest BCUT2D eigenvalue weighted by molar-refractivity contribution is -0.159. The first-order valence-corrected chi connectivity index (χ1v) is 21.0. The highest BCUT2D eigenvalue weighted by atomic mass is 16.7. The van der Waals surface area contributed by atoms with Gasteiger partial charge in [-0.25, -0.2) is 0 Å². The number of rotatable bonds is 5. The maximum Gasteiger partial charge on any atom is 0.312 e. The molecule has 1 fully saturated rings. The van der Waals surface area contributed by atoms with Gasteiger partial charge in [-0.05, 0) is 43.6 Å². The van der Waals surface area contributed by atoms with E-state index >= 15 is 0 Å². The number of ether oxygens (including phenoxy) is 4. The van der Waals surface area contributed by atoms with Gasteiger partial charge < -0.3 is 49.6 Å². The van der Waals surface area contributed by atoms with Crippen molar-refractivity contribution in [2.24, 2.45) is 35.5 Å². The Morgan fingerprint density at radius 3 is 2.18 bits per heavy atom. The molecule has 14 nitrogen and oxygen atoms in total. The number of hydrogen-bond acceptors (Lipinski definition) is 13. The molecule has 0 aliphatic carbocycles. The van der Waals surface area contributed by atoms with Gasteiger partial charge in [0.2, 0.25) is 0 Å². The summed E-state index contributed by atoms with van der Waals surface area (Å²) >= 11 is 0. The quantitative estimate of drug-likeness (QED) is 0.120. The number of fused-ring (bicyclic) bond motifs is 14. The van der Waals surface area contributed by atoms with Crippen LogP contribution in [0.25, 0.3) is 10.8 Å². The number of allylic oxidation sites excluding steroid dienone is 3. The summed E-state index contributed by atoms with van der Waals surface area (Å²) in [6.07, 6.45) is 5.81. The van der Waals surface area contributed by atoms with Crippen LogP contribution < -0.4 is 15.0 Å². The molecule has 9 unspecified atom stereocenters. The van der Waals surface area contributed by atoms with E-state index in [9.17, 15) is 34.8 Å². The van der Waals surface area contributed by atoms with Crippen LogP contribution in [0.2, 0.25) is 0 Å². The van der Waals surface area contributed by atoms with E-state index in [1.165, 1.54) is 34.1 Å². The molecule has 4 heterocycles. The summed E-state index contributed by atoms with van der Waals surface area (Å²) in [5.74, 6) is -6.12. The average Bonchev–Trinajstić information content (AvgIpc) is 3.46. The molecule has 2 aromatic rings. The van der Waals surface area contributed by atoms with Crippen molar-refractivity contribution in [1.29, 1.82) is 0 Å². The zero-order chi connectivity index (χ0) is 44.5. The Balaban J connectivity index is 1.70. The van der Waals surface area contributed by atoms with Crippen LogP contribution in [-0.2, 0) is 23.8 Å². The summed E-state index contributed by atoms with van der Waals surface area (Å²) in [5, 5.41) is 50.3. The Kier molecular flexibility index (Phi) is 14.2. The van der Waals surface area contributed by atoms with Crippen LogP contribution in [0.3, 0.4) is 0 Å². The molecule has 6 rings (SSSR count). The topological polar surface area (TPSA) is 188 Å². The fourth-order valence-corrected chi connectivity index (χ4v) is 8.86. The number of nitrogens with zero attached hydrogens (tertiary/aromatic N) is 2. The molecule has 4 aliphatic heterocycles. The lowest BCUT2D eigenvalue weighted by Crippen LogP contribution is -2.47. The Labute approximate surface area is 353 Å². The third-order valence-corrected chi connectivity index (χ3v) is 12.9. The van der Waals surface area contributed by atoms with Crippen LogP contribution >= 0.6 is 0 Å². The summed E-state index contributed by atoms with van der Waals surface area (Å²) in [4.78, 5) is 45.1. The molecular weight excluding hydrogens is 771 g/mol. The molecule has 60 heavy (non-hydrogen) atoms. The third kappa shape index (κ3) is 8.96. The van der Waals surface area contributed by atoms with Crippen molar-refractivity contribution in [2.45, 2.75) is 100 Å². The van der Waals surface area contributed by atoms with Crippen LogP contribution in [0.1, 0.15) is 85.2 Å². The molecule has 0 saturated carbocycles. The van der Waals surface area contributed by atoms with Gasteiger partial charge >= 0.3 is 11.8 Å². The van der Waals surface area contributed by atoms with E-state index in [1.54, 1.807) is 25.2 Å². The molecule has 0 aromatic heterocycles. The molecule has 9 atom stereocenters. The lowest BCUT2D eigenvalue weighted by atomic mass is 9.75. The minimum atomic E-state index is -1.99. The molecule has 1 amide bonds. The van der Waals surface area contributed by atoms with Crippen molar-refractivity contribution in [1.82, 2.24) is 4.90 Å². The van der Waals surface area contributed by atoms with E-state index in [4.69, 9.17) is 18.9 Å². The van der Waals surface area contributed by atoms with E-state index in [-0.39, 0.29) is 56.8 Å². The number of aliphatic hydroxyl groups is 1. The van der Waals surface area contributed by atoms with E-state index in [1.807, 2.05) is 45.6 Å². The second-order valence-corrected chi connectivity index (χ2v) is 17.6. The van der Waals surface area contributed by atoms with Gasteiger partial charge in [0.1, 0.15) is 34.7 Å². The van der Waals surface area contributed by atoms with Crippen LogP contribution in [-0.4, -0.2) is 107 Å². The standard InChI is InChI=1S/C46H65N3O11/c1-23(2)22-48-17-19-49(20-18-48)37-36-40(53)34-33(41(37)54)35-43(30(9)39(34)52)60-46(11,44(35)55)58-21-16-32(57-12)28(7)42(59-31(10)50)29(8)38(51)27(6)26(5)24(3)14-13-15-25(4)45(56)47-36/h13-16,21,23-24,26-29,32,38,42,51-54H,17-20,22H2,1-12H3,(H,47,56)/b14-13-,21-16-,25-15-. The second kappa shape index (κ2) is 18.4. The average molecular weight is 836 g/mol. The number of nitrogens with one attached hydrogen (secondary N) is 1. The maximum atomic E-state index is 14.6. The fraction of sp³-hybridized carbons (Fsp3) is 0.587. The zero-order valence-corrected chi connectivity index (χ0v) is 37.2. The number of ketones is 1. The molecular formula is C46H65N3O11. The van der Waals surface area contributed by atoms with E-state index < -0.39 is 70.8 Å². The van der Waals surface area contributed by atoms with Gasteiger partial charge in [0, 0.05) is 82.0 Å². The van der Waals surface area contributed by atoms with Crippen molar-refractivity contribution in [3.63, 3.8) is 0 Å². The van der Waals surface area contributed by atoms with Gasteiger partial charge in [0.25, 0.3) is 11.7 Å². The van der Waals surface area contributed by atoms with Gasteiger partial charge in [-0.2, -0.15) is 0 Å². The van der Waals surface area contributed by atoms with Crippen LogP contribution in [0.5, 0.6) is 23.0 Å². The number of aliphatic hydroxyl groups excluding tert-OH is 1. The van der Waals surface area contributed by atoms with E-state index in [0.717, 1.165) is 6.54 Å². The molecule has 1 saturated heterocycles. The maximum absolute atomic E-state index is 14.6. The summed E-state index contributed by atoms with van der Waals surface area (Å²) in [7, 11) is 1.49. The summed E-state index contributed by atoms with van der Waals surface area (Å²) < 4.78 is 23.9. The fourth-order valence-electron chi connectivity index (χ4n) is 8.86. The summed E-state index contributed by atoms with van der Waals surface area (Å²) in [6, 6.07) is 0. The van der Waals surface area contributed by atoms with E-state index in [0.29, 0.717) is 37.7 Å². The number of Topliss-reactive ketones (excluding diaryl/α,β-unsaturated/α-hetero) is 1. The molecule has 4 aliphatic rings. The number of amides is 1. The number of phenols is 3. The number of esters is 1. The molecule has 14 heteroatoms. The minimum Gasteiger partial charge on any atom is -0.507 e. The van der Waals surface area contributed by atoms with Gasteiger partial charge in [-0.1, -0.05) is 66.7 Å². The first-order valence-electron chi connectivity index (χ1n) is 21.0. The SMILES string of the molecule is COC1/C=C\OC2(C)Oc3c(C)c(O)c4c(O)c(c(N5CCN(CC(C)C)CC5)c(O)c4c3C2=O)NC(=O)/C(C)=C\C=C/C(C)C(C)C(C)C(O)C(C)C(OC(C)=O)C1C. The normalized spacial score (nSPS) is 31.7. The number of methoxy groups -OCH3 is 1. The second-order valence-electron chi connectivity index (χ2n) is 17.6. The Morgan fingerprint density at radius 1 is 0.933 bits per heavy atom. The summed E-state index contributed by atoms with van der Waals surface area (Å²) in [5.41, 5.74) is 0.283. The number of piperazine rings is 1. The van der Waals surface area contributed by atoms with Crippen LogP contribution in [0.15, 0.2) is 36.1 Å². The lowest BCUT2D eigenvalue weighted by Gasteiger charge is -2.38. The van der Waals surface area contributed by atoms with Crippen molar-refractivity contribution >= 4 is 39.8 Å². The molecule has 330 valence electrons. The minimum absolute atomic E-state index is 0.0388. The first-order chi connectivity index (χ1) is 28.1. The van der Waals surface area contributed by atoms with Crippen LogP contribution in [0, 0.1) is 42.4 Å². The number of benzene rings is 2. The van der Waals surface area contributed by atoms with Crippen molar-refractivity contribution in [3.05, 3.63) is 47.3 Å². The van der Waals surface area contributed by atoms with Gasteiger partial charge in [-0.3, -0.25) is 19.3 Å². The highest BCUT2D eigenvalue weighted by Gasteiger charge is 2.50. The molecule has 0 spiro atoms. The predicted molar refractivity (Wildman–Crippen MR) is 230 cm³/mol. The van der Waals surface area contributed by atoms with Crippen LogP contribution in [0.4, 0.5) is 11.4 Å². The molecule has 2 aromatic carbocycles. The first kappa shape index (κ1) is 46.3. The number of aromatic hydroxyl groups is 3. The van der Waals surface area contributed by atoms with Gasteiger partial charge in [0.05, 0.1) is 29.4 Å². The monoisotopic (exact) mass is 835 g/mol. The summed E-state index contributed by atoms with van der Waals surface area (Å²) in [6.45, 7) is 22.8. The number of anilines is 2. The smallest absolute Gasteiger partial charge is 0.312 e. The highest BCUT2D eigenvalue weighted by molar-refractivity contribution is 6.23. The van der Waals surface area contributed by atoms with Crippen molar-refractivity contribution in [3.8, 4) is 23.0 Å². The largest absolute Gasteiger partial charge is 0.507 e. The van der Waals surface area contributed by atoms with Crippen molar-refractivity contribution in [2.75, 3.05) is 50.1 Å². The van der Waals surface area contributed by atoms with Gasteiger partial charge in [-0.15, -0.1) is 0 Å². The zero-order valence-electron chi connectivity index (χ0n) is 37.2. The van der Waals surface area contributed by atoms with E-state index in [2.05, 4.69) is 24.1 Å².